The average molecular weight is 322 g/mol. The van der Waals surface area contributed by atoms with Crippen LogP contribution in [-0.2, 0) is 11.3 Å². The van der Waals surface area contributed by atoms with E-state index in [9.17, 15) is 4.79 Å². The molecule has 24 heavy (non-hydrogen) atoms. The number of nitrogens with zero attached hydrogens (tertiary/aromatic N) is 2. The van der Waals surface area contributed by atoms with E-state index < -0.39 is 0 Å². The van der Waals surface area contributed by atoms with Crippen molar-refractivity contribution in [3.8, 4) is 0 Å². The first-order valence-electron chi connectivity index (χ1n) is 8.12. The van der Waals surface area contributed by atoms with Gasteiger partial charge in [-0.05, 0) is 17.7 Å². The number of hydrazine groups is 1. The van der Waals surface area contributed by atoms with Gasteiger partial charge in [-0.1, -0.05) is 49.4 Å². The molecule has 0 fully saturated rings. The number of amides is 1. The molecule has 2 N–H and O–H groups in total. The predicted molar refractivity (Wildman–Crippen MR) is 97.1 cm³/mol. The maximum atomic E-state index is 11.2. The Bertz CT molecular complexity index is 742. The highest BCUT2D eigenvalue weighted by Gasteiger charge is 2.22. The zero-order chi connectivity index (χ0) is 16.9. The van der Waals surface area contributed by atoms with E-state index >= 15 is 0 Å². The van der Waals surface area contributed by atoms with Gasteiger partial charge in [-0.3, -0.25) is 15.6 Å². The van der Waals surface area contributed by atoms with Gasteiger partial charge in [0.25, 0.3) is 0 Å². The second-order valence-electron chi connectivity index (χ2n) is 6.06. The Kier molecular flexibility index (Phi) is 4.79. The smallest absolute Gasteiger partial charge is 0.235 e. The number of benzene rings is 2. The highest BCUT2D eigenvalue weighted by atomic mass is 16.2. The summed E-state index contributed by atoms with van der Waals surface area (Å²) >= 11 is 0. The zero-order valence-electron chi connectivity index (χ0n) is 14.0. The third-order valence-electron chi connectivity index (χ3n) is 4.01. The van der Waals surface area contributed by atoms with Crippen LogP contribution < -0.4 is 15.8 Å². The molecule has 2 aromatic carbocycles. The summed E-state index contributed by atoms with van der Waals surface area (Å²) in [6.45, 7) is 5.23. The fourth-order valence-electron chi connectivity index (χ4n) is 2.84. The summed E-state index contributed by atoms with van der Waals surface area (Å²) in [6, 6.07) is 18.5. The van der Waals surface area contributed by atoms with E-state index in [4.69, 9.17) is 4.99 Å². The van der Waals surface area contributed by atoms with Crippen LogP contribution >= 0.6 is 0 Å². The number of rotatable bonds is 2. The van der Waals surface area contributed by atoms with Gasteiger partial charge >= 0.3 is 0 Å². The van der Waals surface area contributed by atoms with Crippen LogP contribution in [0.3, 0.4) is 0 Å². The highest BCUT2D eigenvalue weighted by molar-refractivity contribution is 5.91. The van der Waals surface area contributed by atoms with E-state index in [0.717, 1.165) is 30.3 Å². The number of amidine groups is 1. The van der Waals surface area contributed by atoms with E-state index in [1.807, 2.05) is 24.3 Å². The number of anilines is 1. The molecule has 0 saturated carbocycles. The fourth-order valence-corrected chi connectivity index (χ4v) is 2.84. The van der Waals surface area contributed by atoms with Crippen molar-refractivity contribution in [2.24, 2.45) is 10.9 Å². The van der Waals surface area contributed by atoms with Gasteiger partial charge in [-0.15, -0.1) is 0 Å². The Morgan fingerprint density at radius 1 is 1.17 bits per heavy atom. The number of para-hydroxylation sites is 2. The van der Waals surface area contributed by atoms with Crippen molar-refractivity contribution in [2.45, 2.75) is 20.4 Å². The summed E-state index contributed by atoms with van der Waals surface area (Å²) in [5, 5.41) is 0. The first-order chi connectivity index (χ1) is 11.6. The van der Waals surface area contributed by atoms with E-state index in [1.54, 1.807) is 0 Å². The maximum Gasteiger partial charge on any atom is 0.235 e. The van der Waals surface area contributed by atoms with Gasteiger partial charge in [0.2, 0.25) is 5.91 Å². The van der Waals surface area contributed by atoms with Gasteiger partial charge in [0, 0.05) is 25.9 Å². The maximum absolute atomic E-state index is 11.2. The average Bonchev–Trinajstić information content (AvgIpc) is 2.71. The van der Waals surface area contributed by atoms with Crippen molar-refractivity contribution in [1.29, 1.82) is 0 Å². The molecule has 0 aliphatic carbocycles. The topological polar surface area (TPSA) is 56.7 Å². The van der Waals surface area contributed by atoms with Crippen molar-refractivity contribution in [1.82, 2.24) is 10.9 Å². The van der Waals surface area contributed by atoms with Crippen LogP contribution in [0.25, 0.3) is 0 Å². The molecule has 1 amide bonds. The minimum Gasteiger partial charge on any atom is -0.365 e. The Hall–Kier alpha value is -2.82. The highest BCUT2D eigenvalue weighted by Crippen LogP contribution is 2.33. The van der Waals surface area contributed by atoms with Crippen LogP contribution in [0.1, 0.15) is 19.4 Å². The zero-order valence-corrected chi connectivity index (χ0v) is 14.0. The molecule has 5 heteroatoms. The Morgan fingerprint density at radius 2 is 1.88 bits per heavy atom. The molecule has 1 aliphatic rings. The molecule has 1 aliphatic heterocycles. The van der Waals surface area contributed by atoms with Crippen LogP contribution in [0.5, 0.6) is 0 Å². The van der Waals surface area contributed by atoms with Gasteiger partial charge in [0.1, 0.15) is 5.84 Å². The molecular weight excluding hydrogens is 300 g/mol. The largest absolute Gasteiger partial charge is 0.365 e. The summed E-state index contributed by atoms with van der Waals surface area (Å²) < 4.78 is 0. The summed E-state index contributed by atoms with van der Waals surface area (Å²) in [5.41, 5.74) is 8.86. The van der Waals surface area contributed by atoms with Gasteiger partial charge in [-0.2, -0.15) is 0 Å². The number of carbonyl (C=O) groups is 1. The molecule has 124 valence electrons. The third kappa shape index (κ3) is 3.74. The molecule has 0 unspecified atom stereocenters. The first-order valence-corrected chi connectivity index (χ1v) is 8.12. The van der Waals surface area contributed by atoms with Gasteiger partial charge in [0.15, 0.2) is 0 Å². The summed E-state index contributed by atoms with van der Waals surface area (Å²) in [5.74, 6) is 0.796. The Morgan fingerprint density at radius 3 is 2.62 bits per heavy atom. The Labute approximate surface area is 142 Å². The summed E-state index contributed by atoms with van der Waals surface area (Å²) in [4.78, 5) is 18.3. The molecule has 2 aromatic rings. The van der Waals surface area contributed by atoms with Crippen LogP contribution in [0.2, 0.25) is 0 Å². The van der Waals surface area contributed by atoms with Gasteiger partial charge in [-0.25, -0.2) is 4.99 Å². The minimum atomic E-state index is -0.136. The molecule has 0 bridgehead atoms. The van der Waals surface area contributed by atoms with Gasteiger partial charge < -0.3 is 4.90 Å². The molecule has 1 atom stereocenters. The molecule has 5 nitrogen and oxygen atoms in total. The van der Waals surface area contributed by atoms with Crippen molar-refractivity contribution in [3.05, 3.63) is 60.2 Å². The molecule has 0 spiro atoms. The van der Waals surface area contributed by atoms with Crippen LogP contribution in [0, 0.1) is 5.92 Å². The predicted octanol–water partition coefficient (Wildman–Crippen LogP) is 3.01. The Balaban J connectivity index is 1.89. The van der Waals surface area contributed by atoms with Crippen LogP contribution in [0.4, 0.5) is 11.4 Å². The van der Waals surface area contributed by atoms with E-state index in [0.29, 0.717) is 0 Å². The minimum absolute atomic E-state index is 0.136. The first kappa shape index (κ1) is 16.1. The lowest BCUT2D eigenvalue weighted by molar-refractivity contribution is -0.119. The van der Waals surface area contributed by atoms with Crippen molar-refractivity contribution >= 4 is 23.1 Å². The number of nitrogens with one attached hydrogen (secondary N) is 2. The molecular formula is C19H22N4O. The van der Waals surface area contributed by atoms with Crippen molar-refractivity contribution in [2.75, 3.05) is 11.4 Å². The molecule has 3 rings (SSSR count). The SMILES string of the molecule is CC(=O)NNC1=Nc2ccccc2N(Cc2ccccc2)C[C@@H]1C. The lowest BCUT2D eigenvalue weighted by Crippen LogP contribution is -2.45. The van der Waals surface area contributed by atoms with Crippen molar-refractivity contribution in [3.63, 3.8) is 0 Å². The number of aliphatic imine (C=N–C) groups is 1. The lowest BCUT2D eigenvalue weighted by atomic mass is 10.1. The summed E-state index contributed by atoms with van der Waals surface area (Å²) in [6.07, 6.45) is 0. The van der Waals surface area contributed by atoms with Crippen LogP contribution in [-0.4, -0.2) is 18.3 Å². The number of hydrogen-bond donors (Lipinski definition) is 2. The molecule has 1 heterocycles. The summed E-state index contributed by atoms with van der Waals surface area (Å²) in [7, 11) is 0. The van der Waals surface area contributed by atoms with E-state index in [2.05, 4.69) is 53.0 Å². The number of hydrogen-bond acceptors (Lipinski definition) is 4. The van der Waals surface area contributed by atoms with Crippen LogP contribution in [0.15, 0.2) is 59.6 Å². The third-order valence-corrected chi connectivity index (χ3v) is 4.01. The number of carbonyl (C=O) groups excluding carboxylic acids is 1. The standard InChI is InChI=1S/C19H22N4O/c1-14-12-23(13-16-8-4-3-5-9-16)18-11-7-6-10-17(18)20-19(14)22-21-15(2)24/h3-11,14H,12-13H2,1-2H3,(H,20,22)(H,21,24)/t14-/m0/s1. The second-order valence-corrected chi connectivity index (χ2v) is 6.06. The number of fused-ring (bicyclic) bond motifs is 1. The normalized spacial score (nSPS) is 16.7. The second kappa shape index (κ2) is 7.17. The van der Waals surface area contributed by atoms with Gasteiger partial charge in [0.05, 0.1) is 11.4 Å². The monoisotopic (exact) mass is 322 g/mol. The van der Waals surface area contributed by atoms with Crippen molar-refractivity contribution < 1.29 is 4.79 Å². The fraction of sp³-hybridized carbons (Fsp3) is 0.263. The van der Waals surface area contributed by atoms with E-state index in [-0.39, 0.29) is 11.8 Å². The quantitative estimate of drug-likeness (QED) is 0.836. The molecule has 0 saturated heterocycles. The lowest BCUT2D eigenvalue weighted by Gasteiger charge is -2.27. The van der Waals surface area contributed by atoms with E-state index in [1.165, 1.54) is 12.5 Å². The molecule has 0 aromatic heterocycles. The molecule has 0 radical (unpaired) electrons.